The Kier molecular flexibility index (Phi) is 7.72. The van der Waals surface area contributed by atoms with Gasteiger partial charge in [0.15, 0.2) is 0 Å². The second-order valence-electron chi connectivity index (χ2n) is 6.98. The lowest BCUT2D eigenvalue weighted by atomic mass is 9.97. The van der Waals surface area contributed by atoms with E-state index >= 15 is 0 Å². The van der Waals surface area contributed by atoms with Crippen molar-refractivity contribution < 1.29 is 9.59 Å². The quantitative estimate of drug-likeness (QED) is 0.835. The van der Waals surface area contributed by atoms with Gasteiger partial charge in [-0.15, -0.1) is 12.4 Å². The van der Waals surface area contributed by atoms with E-state index < -0.39 is 0 Å². The second-order valence-corrected chi connectivity index (χ2v) is 6.98. The molecule has 1 fully saturated rings. The Bertz CT molecular complexity index is 617. The summed E-state index contributed by atoms with van der Waals surface area (Å²) in [5.74, 6) is 0.672. The summed E-state index contributed by atoms with van der Waals surface area (Å²) in [6.07, 6.45) is 3.23. The van der Waals surface area contributed by atoms with Gasteiger partial charge in [0.25, 0.3) is 0 Å². The van der Waals surface area contributed by atoms with Gasteiger partial charge in [-0.3, -0.25) is 4.79 Å². The molecule has 0 atom stereocenters. The Morgan fingerprint density at radius 2 is 1.77 bits per heavy atom. The van der Waals surface area contributed by atoms with Crippen LogP contribution < -0.4 is 11.1 Å². The third-order valence-electron chi connectivity index (χ3n) is 5.33. The highest BCUT2D eigenvalue weighted by molar-refractivity contribution is 5.85. The van der Waals surface area contributed by atoms with Crippen LogP contribution in [0.15, 0.2) is 24.3 Å². The van der Waals surface area contributed by atoms with Gasteiger partial charge in [0.05, 0.1) is 0 Å². The zero-order chi connectivity index (χ0) is 17.6. The number of fused-ring (bicyclic) bond motifs is 1. The first-order valence-corrected chi connectivity index (χ1v) is 9.24. The van der Waals surface area contributed by atoms with Crippen LogP contribution in [0.3, 0.4) is 0 Å². The zero-order valence-corrected chi connectivity index (χ0v) is 16.0. The van der Waals surface area contributed by atoms with Gasteiger partial charge in [0, 0.05) is 39.1 Å². The van der Waals surface area contributed by atoms with Gasteiger partial charge in [-0.05, 0) is 42.9 Å². The van der Waals surface area contributed by atoms with E-state index in [9.17, 15) is 9.59 Å². The number of rotatable bonds is 4. The highest BCUT2D eigenvalue weighted by Gasteiger charge is 2.23. The third-order valence-corrected chi connectivity index (χ3v) is 5.33. The summed E-state index contributed by atoms with van der Waals surface area (Å²) in [7, 11) is 0. The van der Waals surface area contributed by atoms with Gasteiger partial charge < -0.3 is 20.9 Å². The van der Waals surface area contributed by atoms with Crippen molar-refractivity contribution >= 4 is 24.3 Å². The maximum atomic E-state index is 12.3. The van der Waals surface area contributed by atoms with Crippen LogP contribution in [-0.2, 0) is 17.8 Å². The number of carbonyl (C=O) groups excluding carboxylic acids is 2. The highest BCUT2D eigenvalue weighted by Crippen LogP contribution is 2.18. The molecular weight excluding hydrogens is 352 g/mol. The molecule has 6 nitrogen and oxygen atoms in total. The van der Waals surface area contributed by atoms with Gasteiger partial charge in [0.2, 0.25) is 5.91 Å². The van der Waals surface area contributed by atoms with Crippen molar-refractivity contribution in [1.82, 2.24) is 15.1 Å². The molecule has 0 saturated carbocycles. The normalized spacial score (nSPS) is 17.3. The number of halogens is 1. The number of piperidine rings is 1. The summed E-state index contributed by atoms with van der Waals surface area (Å²) in [6.45, 7) is 4.05. The van der Waals surface area contributed by atoms with Crippen LogP contribution in [0.5, 0.6) is 0 Å². The number of nitrogens with one attached hydrogen (secondary N) is 1. The minimum atomic E-state index is -0.0795. The first-order valence-electron chi connectivity index (χ1n) is 9.24. The summed E-state index contributed by atoms with van der Waals surface area (Å²) in [4.78, 5) is 28.3. The predicted octanol–water partition coefficient (Wildman–Crippen LogP) is 1.76. The third kappa shape index (κ3) is 5.11. The fraction of sp³-hybridized carbons (Fsp3) is 0.579. The average molecular weight is 381 g/mol. The van der Waals surface area contributed by atoms with Crippen molar-refractivity contribution in [3.05, 3.63) is 35.4 Å². The molecule has 2 aliphatic rings. The number of nitrogens with two attached hydrogens (primary N) is 1. The van der Waals surface area contributed by atoms with Crippen LogP contribution in [-0.4, -0.2) is 54.5 Å². The van der Waals surface area contributed by atoms with Gasteiger partial charge in [-0.1, -0.05) is 24.3 Å². The average Bonchev–Trinajstić information content (AvgIpc) is 2.67. The molecule has 144 valence electrons. The van der Waals surface area contributed by atoms with Crippen LogP contribution in [0.2, 0.25) is 0 Å². The number of hydrogen-bond acceptors (Lipinski definition) is 3. The van der Waals surface area contributed by atoms with Crippen molar-refractivity contribution in [2.75, 3.05) is 32.7 Å². The van der Waals surface area contributed by atoms with E-state index in [1.165, 1.54) is 11.1 Å². The van der Waals surface area contributed by atoms with Gasteiger partial charge in [-0.2, -0.15) is 0 Å². The largest absolute Gasteiger partial charge is 0.343 e. The van der Waals surface area contributed by atoms with Crippen LogP contribution in [0.4, 0.5) is 4.79 Å². The summed E-state index contributed by atoms with van der Waals surface area (Å²) < 4.78 is 0. The number of hydrogen-bond donors (Lipinski definition) is 2. The second kappa shape index (κ2) is 9.78. The minimum absolute atomic E-state index is 0. The van der Waals surface area contributed by atoms with E-state index in [1.807, 2.05) is 21.9 Å². The minimum Gasteiger partial charge on any atom is -0.343 e. The molecule has 1 aromatic carbocycles. The Labute approximate surface area is 161 Å². The van der Waals surface area contributed by atoms with Crippen molar-refractivity contribution in [3.63, 3.8) is 0 Å². The number of carbonyl (C=O) groups is 2. The number of benzene rings is 1. The van der Waals surface area contributed by atoms with Crippen molar-refractivity contribution in [2.45, 2.75) is 32.2 Å². The molecule has 0 spiro atoms. The number of likely N-dealkylation sites (tertiary alicyclic amines) is 1. The molecule has 26 heavy (non-hydrogen) atoms. The first-order chi connectivity index (χ1) is 12.2. The highest BCUT2D eigenvalue weighted by atomic mass is 35.5. The Morgan fingerprint density at radius 3 is 2.46 bits per heavy atom. The Hall–Kier alpha value is -1.79. The lowest BCUT2D eigenvalue weighted by Gasteiger charge is -2.32. The predicted molar refractivity (Wildman–Crippen MR) is 104 cm³/mol. The fourth-order valence-corrected chi connectivity index (χ4v) is 3.63. The van der Waals surface area contributed by atoms with Crippen molar-refractivity contribution in [3.8, 4) is 0 Å². The van der Waals surface area contributed by atoms with Crippen LogP contribution in [0, 0.1) is 5.92 Å². The van der Waals surface area contributed by atoms with E-state index in [1.54, 1.807) is 0 Å². The molecule has 0 bridgehead atoms. The molecule has 2 heterocycles. The van der Waals surface area contributed by atoms with Gasteiger partial charge in [-0.25, -0.2) is 4.79 Å². The molecule has 0 aromatic heterocycles. The summed E-state index contributed by atoms with van der Waals surface area (Å²) in [5.41, 5.74) is 8.22. The van der Waals surface area contributed by atoms with Crippen LogP contribution in [0.1, 0.15) is 30.4 Å². The molecule has 0 unspecified atom stereocenters. The van der Waals surface area contributed by atoms with Crippen LogP contribution in [0.25, 0.3) is 0 Å². The fourth-order valence-electron chi connectivity index (χ4n) is 3.63. The van der Waals surface area contributed by atoms with E-state index in [0.717, 1.165) is 38.9 Å². The number of amides is 3. The standard InChI is InChI=1S/C19H28N4O2.ClH/c20-13-15-6-10-22(11-7-15)18(24)5-9-21-19(25)23-12-8-16-3-1-2-4-17(16)14-23;/h1-4,15H,5-14,20H2,(H,21,25);1H. The molecule has 3 rings (SSSR count). The van der Waals surface area contributed by atoms with E-state index in [0.29, 0.717) is 32.0 Å². The Balaban J connectivity index is 0.00000243. The lowest BCUT2D eigenvalue weighted by Crippen LogP contribution is -2.45. The van der Waals surface area contributed by atoms with Gasteiger partial charge in [0.1, 0.15) is 0 Å². The Morgan fingerprint density at radius 1 is 1.08 bits per heavy atom. The maximum absolute atomic E-state index is 12.3. The molecular formula is C19H29ClN4O2. The van der Waals surface area contributed by atoms with Crippen molar-refractivity contribution in [1.29, 1.82) is 0 Å². The molecule has 3 amide bonds. The molecule has 0 aliphatic carbocycles. The molecule has 7 heteroatoms. The topological polar surface area (TPSA) is 78.7 Å². The van der Waals surface area contributed by atoms with E-state index in [-0.39, 0.29) is 24.3 Å². The van der Waals surface area contributed by atoms with E-state index in [2.05, 4.69) is 17.4 Å². The molecule has 2 aliphatic heterocycles. The molecule has 3 N–H and O–H groups in total. The number of urea groups is 1. The summed E-state index contributed by atoms with van der Waals surface area (Å²) >= 11 is 0. The van der Waals surface area contributed by atoms with E-state index in [4.69, 9.17) is 5.73 Å². The molecule has 1 aromatic rings. The summed E-state index contributed by atoms with van der Waals surface area (Å²) in [6, 6.07) is 8.16. The number of nitrogens with zero attached hydrogens (tertiary/aromatic N) is 2. The monoisotopic (exact) mass is 380 g/mol. The molecule has 1 saturated heterocycles. The van der Waals surface area contributed by atoms with Crippen molar-refractivity contribution in [2.24, 2.45) is 11.7 Å². The lowest BCUT2D eigenvalue weighted by molar-refractivity contribution is -0.132. The zero-order valence-electron chi connectivity index (χ0n) is 15.2. The summed E-state index contributed by atoms with van der Waals surface area (Å²) in [5, 5.41) is 2.89. The van der Waals surface area contributed by atoms with Crippen LogP contribution >= 0.6 is 12.4 Å². The smallest absolute Gasteiger partial charge is 0.317 e. The maximum Gasteiger partial charge on any atom is 0.317 e. The first kappa shape index (κ1) is 20.5. The van der Waals surface area contributed by atoms with Gasteiger partial charge >= 0.3 is 6.03 Å². The SMILES string of the molecule is Cl.NCC1CCN(C(=O)CCNC(=O)N2CCc3ccccc3C2)CC1. The molecule has 0 radical (unpaired) electrons.